The van der Waals surface area contributed by atoms with Gasteiger partial charge in [-0.15, -0.1) is 0 Å². The monoisotopic (exact) mass is 408 g/mol. The van der Waals surface area contributed by atoms with Crippen molar-refractivity contribution in [3.8, 4) is 5.75 Å². The van der Waals surface area contributed by atoms with E-state index in [0.717, 1.165) is 12.5 Å². The Balaban J connectivity index is 2.22. The van der Waals surface area contributed by atoms with Crippen LogP contribution in [-0.4, -0.2) is 29.6 Å². The van der Waals surface area contributed by atoms with Crippen molar-refractivity contribution in [1.29, 1.82) is 0 Å². The molecule has 0 heterocycles. The van der Waals surface area contributed by atoms with Crippen molar-refractivity contribution in [1.82, 2.24) is 0 Å². The lowest BCUT2D eigenvalue weighted by Crippen LogP contribution is -2.22. The highest BCUT2D eigenvalue weighted by molar-refractivity contribution is 6.46. The molecule has 1 N–H and O–H groups in total. The van der Waals surface area contributed by atoms with E-state index in [0.29, 0.717) is 5.92 Å². The summed E-state index contributed by atoms with van der Waals surface area (Å²) in [6, 6.07) is 1.14. The first-order chi connectivity index (χ1) is 11.7. The summed E-state index contributed by atoms with van der Waals surface area (Å²) in [6.45, 7) is 2.09. The van der Waals surface area contributed by atoms with Crippen LogP contribution in [0.2, 0.25) is 15.1 Å². The zero-order chi connectivity index (χ0) is 18.7. The van der Waals surface area contributed by atoms with E-state index < -0.39 is 23.7 Å². The Morgan fingerprint density at radius 2 is 1.88 bits per heavy atom. The Labute approximate surface area is 158 Å². The first-order valence-electron chi connectivity index (χ1n) is 7.50. The zero-order valence-corrected chi connectivity index (χ0v) is 15.5. The first kappa shape index (κ1) is 19.8. The molecule has 0 aromatic heterocycles. The molecule has 0 aliphatic heterocycles. The van der Waals surface area contributed by atoms with Gasteiger partial charge in [0.05, 0.1) is 21.7 Å². The molecule has 1 saturated carbocycles. The van der Waals surface area contributed by atoms with Gasteiger partial charge in [-0.25, -0.2) is 14.4 Å². The number of carbonyl (C=O) groups is 3. The Morgan fingerprint density at radius 3 is 2.44 bits per heavy atom. The van der Waals surface area contributed by atoms with Crippen LogP contribution in [0, 0.1) is 11.8 Å². The third kappa shape index (κ3) is 5.23. The molecular formula is C16H15Cl3O6. The van der Waals surface area contributed by atoms with Crippen LogP contribution >= 0.6 is 34.8 Å². The van der Waals surface area contributed by atoms with Gasteiger partial charge in [0.1, 0.15) is 5.56 Å². The summed E-state index contributed by atoms with van der Waals surface area (Å²) in [6.07, 6.45) is 3.31. The molecule has 1 atom stereocenters. The minimum absolute atomic E-state index is 0.0558. The Hall–Kier alpha value is -1.50. The fraction of sp³-hybridized carbons (Fsp3) is 0.438. The quantitative estimate of drug-likeness (QED) is 0.327. The van der Waals surface area contributed by atoms with Gasteiger partial charge in [-0.05, 0) is 24.3 Å². The molecule has 1 aromatic rings. The molecule has 1 fully saturated rings. The molecule has 1 unspecified atom stereocenters. The van der Waals surface area contributed by atoms with Crippen molar-refractivity contribution in [2.75, 3.05) is 6.61 Å². The van der Waals surface area contributed by atoms with Gasteiger partial charge in [0.2, 0.25) is 0 Å². The van der Waals surface area contributed by atoms with Gasteiger partial charge in [0.25, 0.3) is 0 Å². The van der Waals surface area contributed by atoms with Crippen molar-refractivity contribution in [3.63, 3.8) is 0 Å². The number of carboxylic acids is 1. The SMILES string of the molecule is CC(COC(=O)c1c(Cl)c(Cl)cc(Cl)c1OC(=O)C(=O)O)CC1CC1. The molecule has 1 aromatic carbocycles. The summed E-state index contributed by atoms with van der Waals surface area (Å²) < 4.78 is 9.87. The van der Waals surface area contributed by atoms with Gasteiger partial charge in [-0.3, -0.25) is 0 Å². The Morgan fingerprint density at radius 1 is 1.24 bits per heavy atom. The topological polar surface area (TPSA) is 89.9 Å². The number of ether oxygens (including phenoxy) is 2. The standard InChI is InChI=1S/C16H15Cl3O6/c1-7(4-8-2-3-8)6-24-15(22)11-12(19)9(17)5-10(18)13(11)25-16(23)14(20)21/h5,7-8H,2-4,6H2,1H3,(H,20,21). The minimum atomic E-state index is -1.85. The normalized spacial score (nSPS) is 14.7. The maximum atomic E-state index is 12.4. The summed E-state index contributed by atoms with van der Waals surface area (Å²) in [4.78, 5) is 34.4. The lowest BCUT2D eigenvalue weighted by atomic mass is 10.1. The number of hydrogen-bond acceptors (Lipinski definition) is 5. The number of carbonyl (C=O) groups excluding carboxylic acids is 2. The Bertz CT molecular complexity index is 714. The molecule has 0 spiro atoms. The number of rotatable bonds is 6. The molecule has 9 heteroatoms. The molecule has 0 radical (unpaired) electrons. The fourth-order valence-corrected chi connectivity index (χ4v) is 3.00. The second kappa shape index (κ2) is 8.25. The van der Waals surface area contributed by atoms with Crippen LogP contribution in [0.5, 0.6) is 5.75 Å². The highest BCUT2D eigenvalue weighted by Crippen LogP contribution is 2.40. The summed E-state index contributed by atoms with van der Waals surface area (Å²) >= 11 is 17.8. The van der Waals surface area contributed by atoms with E-state index in [1.165, 1.54) is 12.8 Å². The molecule has 1 aliphatic rings. The molecular weight excluding hydrogens is 395 g/mol. The van der Waals surface area contributed by atoms with Crippen LogP contribution in [0.25, 0.3) is 0 Å². The predicted octanol–water partition coefficient (Wildman–Crippen LogP) is 4.23. The lowest BCUT2D eigenvalue weighted by Gasteiger charge is -2.15. The molecule has 0 saturated heterocycles. The van der Waals surface area contributed by atoms with Crippen LogP contribution in [0.4, 0.5) is 0 Å². The van der Waals surface area contributed by atoms with Crippen LogP contribution in [0.3, 0.4) is 0 Å². The highest BCUT2D eigenvalue weighted by atomic mass is 35.5. The molecule has 2 rings (SSSR count). The second-order valence-electron chi connectivity index (χ2n) is 5.94. The van der Waals surface area contributed by atoms with Crippen LogP contribution in [0.1, 0.15) is 36.5 Å². The number of esters is 2. The number of aliphatic carboxylic acids is 1. The largest absolute Gasteiger partial charge is 0.473 e. The van der Waals surface area contributed by atoms with Crippen molar-refractivity contribution in [2.24, 2.45) is 11.8 Å². The van der Waals surface area contributed by atoms with E-state index >= 15 is 0 Å². The van der Waals surface area contributed by atoms with E-state index in [2.05, 4.69) is 4.74 Å². The zero-order valence-electron chi connectivity index (χ0n) is 13.2. The smallest absolute Gasteiger partial charge is 0.422 e. The van der Waals surface area contributed by atoms with Gasteiger partial charge in [0.15, 0.2) is 5.75 Å². The van der Waals surface area contributed by atoms with Gasteiger partial charge < -0.3 is 14.6 Å². The van der Waals surface area contributed by atoms with Crippen molar-refractivity contribution in [3.05, 3.63) is 26.7 Å². The van der Waals surface area contributed by atoms with Gasteiger partial charge >= 0.3 is 17.9 Å². The van der Waals surface area contributed by atoms with E-state index in [-0.39, 0.29) is 33.2 Å². The second-order valence-corrected chi connectivity index (χ2v) is 7.13. The molecule has 0 amide bonds. The van der Waals surface area contributed by atoms with E-state index in [1.54, 1.807) is 0 Å². The molecule has 1 aliphatic carbocycles. The molecule has 136 valence electrons. The average molecular weight is 410 g/mol. The van der Waals surface area contributed by atoms with E-state index in [1.807, 2.05) is 6.92 Å². The van der Waals surface area contributed by atoms with Crippen LogP contribution < -0.4 is 4.74 Å². The number of hydrogen-bond donors (Lipinski definition) is 1. The van der Waals surface area contributed by atoms with Crippen molar-refractivity contribution < 1.29 is 29.0 Å². The maximum Gasteiger partial charge on any atom is 0.422 e. The molecule has 6 nitrogen and oxygen atoms in total. The minimum Gasteiger partial charge on any atom is -0.473 e. The van der Waals surface area contributed by atoms with E-state index in [9.17, 15) is 14.4 Å². The molecule has 25 heavy (non-hydrogen) atoms. The fourth-order valence-electron chi connectivity index (χ4n) is 2.28. The third-order valence-electron chi connectivity index (χ3n) is 3.63. The third-order valence-corrected chi connectivity index (χ3v) is 4.70. The Kier molecular flexibility index (Phi) is 6.54. The highest BCUT2D eigenvalue weighted by Gasteiger charge is 2.29. The molecule has 0 bridgehead atoms. The van der Waals surface area contributed by atoms with Crippen molar-refractivity contribution in [2.45, 2.75) is 26.2 Å². The number of carboxylic acid groups (broad SMARTS) is 1. The summed E-state index contributed by atoms with van der Waals surface area (Å²) in [7, 11) is 0. The summed E-state index contributed by atoms with van der Waals surface area (Å²) in [5, 5.41) is 8.13. The number of benzene rings is 1. The van der Waals surface area contributed by atoms with Gasteiger partial charge in [0, 0.05) is 0 Å². The number of halogens is 3. The van der Waals surface area contributed by atoms with E-state index in [4.69, 9.17) is 44.6 Å². The van der Waals surface area contributed by atoms with Crippen molar-refractivity contribution >= 4 is 52.7 Å². The van der Waals surface area contributed by atoms with Gasteiger partial charge in [-0.2, -0.15) is 0 Å². The maximum absolute atomic E-state index is 12.4. The van der Waals surface area contributed by atoms with Gasteiger partial charge in [-0.1, -0.05) is 54.6 Å². The van der Waals surface area contributed by atoms with Crippen LogP contribution in [0.15, 0.2) is 6.07 Å². The first-order valence-corrected chi connectivity index (χ1v) is 8.63. The predicted molar refractivity (Wildman–Crippen MR) is 91.5 cm³/mol. The van der Waals surface area contributed by atoms with Crippen LogP contribution in [-0.2, 0) is 14.3 Å². The summed E-state index contributed by atoms with van der Waals surface area (Å²) in [5.74, 6) is -4.04. The lowest BCUT2D eigenvalue weighted by molar-refractivity contribution is -0.158. The average Bonchev–Trinajstić information content (AvgIpc) is 3.34. The summed E-state index contributed by atoms with van der Waals surface area (Å²) in [5.41, 5.74) is -0.382.